The molecule has 5 unspecified atom stereocenters. The summed E-state index contributed by atoms with van der Waals surface area (Å²) in [5.41, 5.74) is 7.20. The van der Waals surface area contributed by atoms with Crippen LogP contribution in [0.15, 0.2) is 61.1 Å². The summed E-state index contributed by atoms with van der Waals surface area (Å²) in [6.45, 7) is 9.62. The van der Waals surface area contributed by atoms with E-state index in [1.54, 1.807) is 65.0 Å². The number of nitrogens with one attached hydrogen (secondary N) is 1. The maximum atomic E-state index is 14.8. The van der Waals surface area contributed by atoms with E-state index in [0.717, 1.165) is 5.39 Å². The molecule has 0 aliphatic carbocycles. The lowest BCUT2D eigenvalue weighted by Gasteiger charge is -2.30. The van der Waals surface area contributed by atoms with Gasteiger partial charge in [-0.05, 0) is 45.2 Å². The van der Waals surface area contributed by atoms with Crippen LogP contribution in [0.3, 0.4) is 0 Å². The number of esters is 3. The van der Waals surface area contributed by atoms with Crippen molar-refractivity contribution in [2.45, 2.75) is 97.2 Å². The van der Waals surface area contributed by atoms with Gasteiger partial charge in [0.1, 0.15) is 23.4 Å². The zero-order valence-corrected chi connectivity index (χ0v) is 29.6. The molecule has 0 saturated carbocycles. The van der Waals surface area contributed by atoms with Gasteiger partial charge in [-0.3, -0.25) is 23.5 Å². The molecule has 15 nitrogen and oxygen atoms in total. The Hall–Kier alpha value is -4.56. The number of pyridine rings is 1. The highest BCUT2D eigenvalue weighted by Gasteiger charge is 2.54. The molecule has 2 aromatic heterocycles. The van der Waals surface area contributed by atoms with E-state index in [9.17, 15) is 18.9 Å². The number of anilines is 1. The number of fused-ring (bicyclic) bond motifs is 2. The first-order valence-electron chi connectivity index (χ1n) is 16.4. The first kappa shape index (κ1) is 36.7. The lowest BCUT2D eigenvalue weighted by atomic mass is 10.1. The van der Waals surface area contributed by atoms with E-state index in [0.29, 0.717) is 22.2 Å². The topological polar surface area (TPSA) is 192 Å². The summed E-state index contributed by atoms with van der Waals surface area (Å²) in [7, 11) is -4.48. The van der Waals surface area contributed by atoms with Crippen LogP contribution >= 0.6 is 7.75 Å². The molecule has 50 heavy (non-hydrogen) atoms. The molecule has 5 rings (SSSR count). The minimum Gasteiger partial charge on any atom is -0.462 e. The fourth-order valence-corrected chi connectivity index (χ4v) is 7.23. The van der Waals surface area contributed by atoms with Gasteiger partial charge < -0.3 is 29.2 Å². The normalized spacial score (nSPS) is 21.4. The average molecular weight is 712 g/mol. The van der Waals surface area contributed by atoms with Crippen molar-refractivity contribution >= 4 is 53.3 Å². The minimum absolute atomic E-state index is 0.00336. The Morgan fingerprint density at radius 2 is 1.64 bits per heavy atom. The number of imidazole rings is 1. The van der Waals surface area contributed by atoms with Gasteiger partial charge in [0.25, 0.3) is 0 Å². The van der Waals surface area contributed by atoms with Gasteiger partial charge in [-0.2, -0.15) is 5.09 Å². The van der Waals surface area contributed by atoms with Gasteiger partial charge in [-0.25, -0.2) is 14.5 Å². The highest BCUT2D eigenvalue weighted by atomic mass is 31.2. The number of nitrogen functional groups attached to an aromatic ring is 1. The standard InChI is InChI=1S/C34H42N5O10P/c1-7-26(40)45-30-29(47-33(31(30)46-27(41)8-2)39-18-37-28-24(35)16-17-36-32(28)39)21(6)48-50(43,38-20(5)34(42)44-19(3)4)49-25-15-11-13-22-12-9-10-14-23(22)25/h9-21,29-31,33H,7-8H2,1-6H3,(H2,35,36)(H,38,43)/t20?,21?,29-,30?,31?,33-,50?/m1/s1. The van der Waals surface area contributed by atoms with Crippen LogP contribution in [0.4, 0.5) is 5.69 Å². The predicted molar refractivity (Wildman–Crippen MR) is 183 cm³/mol. The molecule has 3 heterocycles. The molecule has 3 N–H and O–H groups in total. The van der Waals surface area contributed by atoms with Gasteiger partial charge in [0, 0.05) is 24.4 Å². The number of carbonyl (C=O) groups is 3. The molecule has 0 spiro atoms. The number of carbonyl (C=O) groups excluding carboxylic acids is 3. The maximum absolute atomic E-state index is 14.8. The highest BCUT2D eigenvalue weighted by molar-refractivity contribution is 7.52. The van der Waals surface area contributed by atoms with Crippen LogP contribution in [0, 0.1) is 0 Å². The molecule has 0 bridgehead atoms. The van der Waals surface area contributed by atoms with E-state index in [1.165, 1.54) is 24.0 Å². The molecule has 16 heteroatoms. The Morgan fingerprint density at radius 3 is 2.34 bits per heavy atom. The smallest absolute Gasteiger partial charge is 0.459 e. The van der Waals surface area contributed by atoms with Crippen molar-refractivity contribution in [2.24, 2.45) is 0 Å². The number of nitrogens with zero attached hydrogens (tertiary/aromatic N) is 3. The van der Waals surface area contributed by atoms with E-state index < -0.39 is 68.4 Å². The summed E-state index contributed by atoms with van der Waals surface area (Å²) in [5, 5.41) is 4.16. The second kappa shape index (κ2) is 15.5. The van der Waals surface area contributed by atoms with E-state index in [1.807, 2.05) is 18.2 Å². The number of hydrogen-bond acceptors (Lipinski definition) is 13. The van der Waals surface area contributed by atoms with Gasteiger partial charge >= 0.3 is 25.7 Å². The lowest BCUT2D eigenvalue weighted by molar-refractivity contribution is -0.168. The van der Waals surface area contributed by atoms with E-state index >= 15 is 0 Å². The van der Waals surface area contributed by atoms with Gasteiger partial charge in [0.2, 0.25) is 0 Å². The van der Waals surface area contributed by atoms with Crippen LogP contribution in [0.5, 0.6) is 5.75 Å². The molecule has 0 amide bonds. The Kier molecular flexibility index (Phi) is 11.4. The van der Waals surface area contributed by atoms with Crippen LogP contribution in [0.1, 0.15) is 60.6 Å². The molecule has 1 saturated heterocycles. The minimum atomic E-state index is -4.48. The lowest BCUT2D eigenvalue weighted by Crippen LogP contribution is -2.44. The fraction of sp³-hybridized carbons (Fsp3) is 0.441. The maximum Gasteiger partial charge on any atom is 0.459 e. The summed E-state index contributed by atoms with van der Waals surface area (Å²) in [4.78, 5) is 47.2. The quantitative estimate of drug-likeness (QED) is 0.0981. The van der Waals surface area contributed by atoms with Gasteiger partial charge in [-0.1, -0.05) is 50.2 Å². The molecule has 1 fully saturated rings. The highest BCUT2D eigenvalue weighted by Crippen LogP contribution is 2.50. The number of aromatic nitrogens is 3. The van der Waals surface area contributed by atoms with E-state index in [2.05, 4.69) is 15.1 Å². The molecule has 7 atom stereocenters. The molecule has 0 radical (unpaired) electrons. The summed E-state index contributed by atoms with van der Waals surface area (Å²) >= 11 is 0. The van der Waals surface area contributed by atoms with Crippen LogP contribution in [0.2, 0.25) is 0 Å². The largest absolute Gasteiger partial charge is 0.462 e. The van der Waals surface area contributed by atoms with Crippen molar-refractivity contribution in [1.82, 2.24) is 19.6 Å². The Bertz CT molecular complexity index is 1900. The molecular weight excluding hydrogens is 669 g/mol. The average Bonchev–Trinajstić information content (AvgIpc) is 3.66. The number of benzene rings is 2. The van der Waals surface area contributed by atoms with Gasteiger partial charge in [-0.15, -0.1) is 0 Å². The van der Waals surface area contributed by atoms with Crippen molar-refractivity contribution in [2.75, 3.05) is 5.73 Å². The van der Waals surface area contributed by atoms with Crippen LogP contribution < -0.4 is 15.3 Å². The monoisotopic (exact) mass is 711 g/mol. The van der Waals surface area contributed by atoms with Crippen molar-refractivity contribution in [3.63, 3.8) is 0 Å². The Labute approximate surface area is 289 Å². The SMILES string of the molecule is CCC(=O)OC1C(OC(=O)CC)[C@H](n2cnc3c(N)ccnc32)O[C@@H]1C(C)OP(=O)(NC(C)C(=O)OC(C)C)Oc1cccc2ccccc12. The zero-order chi connectivity index (χ0) is 36.2. The van der Waals surface area contributed by atoms with Crippen molar-refractivity contribution in [3.05, 3.63) is 61.1 Å². The van der Waals surface area contributed by atoms with Crippen molar-refractivity contribution in [3.8, 4) is 5.75 Å². The molecule has 2 aromatic carbocycles. The summed E-state index contributed by atoms with van der Waals surface area (Å²) in [5.74, 6) is -1.66. The summed E-state index contributed by atoms with van der Waals surface area (Å²) < 4.78 is 52.1. The molecule has 268 valence electrons. The van der Waals surface area contributed by atoms with Crippen molar-refractivity contribution in [1.29, 1.82) is 0 Å². The predicted octanol–water partition coefficient (Wildman–Crippen LogP) is 5.23. The van der Waals surface area contributed by atoms with E-state index in [-0.39, 0.29) is 18.6 Å². The second-order valence-corrected chi connectivity index (χ2v) is 13.7. The van der Waals surface area contributed by atoms with Crippen molar-refractivity contribution < 1.29 is 46.9 Å². The van der Waals surface area contributed by atoms with Crippen LogP contribution in [-0.2, 0) is 42.4 Å². The molecule has 1 aliphatic heterocycles. The number of hydrogen-bond donors (Lipinski definition) is 2. The van der Waals surface area contributed by atoms with Gasteiger partial charge in [0.15, 0.2) is 24.1 Å². The zero-order valence-electron chi connectivity index (χ0n) is 28.7. The van der Waals surface area contributed by atoms with Crippen LogP contribution in [-0.4, -0.2) is 69.0 Å². The Balaban J connectivity index is 1.54. The third-order valence-corrected chi connectivity index (χ3v) is 9.65. The summed E-state index contributed by atoms with van der Waals surface area (Å²) in [6.07, 6.45) is -3.43. The number of nitrogens with two attached hydrogens (primary N) is 1. The first-order valence-corrected chi connectivity index (χ1v) is 17.9. The Morgan fingerprint density at radius 1 is 0.960 bits per heavy atom. The third-order valence-electron chi connectivity index (χ3n) is 7.90. The van der Waals surface area contributed by atoms with Crippen LogP contribution in [0.25, 0.3) is 21.9 Å². The molecule has 1 aliphatic rings. The fourth-order valence-electron chi connectivity index (χ4n) is 5.52. The van der Waals surface area contributed by atoms with E-state index in [4.69, 9.17) is 33.7 Å². The molecule has 4 aromatic rings. The number of ether oxygens (including phenoxy) is 4. The number of rotatable bonds is 14. The second-order valence-electron chi connectivity index (χ2n) is 12.0. The van der Waals surface area contributed by atoms with Gasteiger partial charge in [0.05, 0.1) is 24.2 Å². The summed E-state index contributed by atoms with van der Waals surface area (Å²) in [6, 6.07) is 13.0. The first-order chi connectivity index (χ1) is 23.8. The third kappa shape index (κ3) is 8.07. The molecular formula is C34H42N5O10P.